The molecule has 0 atom stereocenters. The van der Waals surface area contributed by atoms with Gasteiger partial charge < -0.3 is 4.90 Å². The average Bonchev–Trinajstić information content (AvgIpc) is 2.60. The van der Waals surface area contributed by atoms with Crippen LogP contribution in [0.1, 0.15) is 5.56 Å². The number of hydrogen-bond acceptors (Lipinski definition) is 1. The van der Waals surface area contributed by atoms with Crippen molar-refractivity contribution in [3.63, 3.8) is 0 Å². The Labute approximate surface area is 126 Å². The predicted molar refractivity (Wildman–Crippen MR) is 91.4 cm³/mol. The van der Waals surface area contributed by atoms with Crippen LogP contribution in [-0.4, -0.2) is 7.05 Å². The average molecular weight is 273 g/mol. The number of benzene rings is 2. The molecule has 21 heavy (non-hydrogen) atoms. The van der Waals surface area contributed by atoms with Crippen molar-refractivity contribution in [2.75, 3.05) is 11.9 Å². The summed E-state index contributed by atoms with van der Waals surface area (Å²) in [6, 6.07) is 17.2. The summed E-state index contributed by atoms with van der Waals surface area (Å²) in [4.78, 5) is 2.15. The van der Waals surface area contributed by atoms with Crippen LogP contribution in [0.5, 0.6) is 0 Å². The Bertz CT molecular complexity index is 708. The quantitative estimate of drug-likeness (QED) is 0.709. The van der Waals surface area contributed by atoms with Crippen molar-refractivity contribution in [1.82, 2.24) is 0 Å². The number of hydrogen-bond donors (Lipinski definition) is 0. The lowest BCUT2D eigenvalue weighted by atomic mass is 9.99. The zero-order valence-corrected chi connectivity index (χ0v) is 12.3. The second kappa shape index (κ2) is 5.84. The minimum atomic E-state index is 0.929. The fraction of sp³-hybridized carbons (Fsp3) is 0.100. The first-order chi connectivity index (χ1) is 10.3. The molecular formula is C20H19N. The molecular weight excluding hydrogens is 254 g/mol. The molecule has 0 bridgehead atoms. The van der Waals surface area contributed by atoms with E-state index in [2.05, 4.69) is 73.1 Å². The smallest absolute Gasteiger partial charge is 0.0444 e. The van der Waals surface area contributed by atoms with E-state index in [0.29, 0.717) is 0 Å². The van der Waals surface area contributed by atoms with Gasteiger partial charge in [-0.3, -0.25) is 0 Å². The van der Waals surface area contributed by atoms with Crippen molar-refractivity contribution in [1.29, 1.82) is 0 Å². The van der Waals surface area contributed by atoms with Gasteiger partial charge in [-0.15, -0.1) is 0 Å². The van der Waals surface area contributed by atoms with E-state index in [4.69, 9.17) is 0 Å². The van der Waals surface area contributed by atoms with Gasteiger partial charge in [-0.05, 0) is 41.3 Å². The molecule has 0 unspecified atom stereocenters. The van der Waals surface area contributed by atoms with E-state index in [1.54, 1.807) is 0 Å². The van der Waals surface area contributed by atoms with Crippen LogP contribution in [0.4, 0.5) is 5.69 Å². The molecule has 0 spiro atoms. The molecule has 3 rings (SSSR count). The van der Waals surface area contributed by atoms with Crippen molar-refractivity contribution >= 4 is 5.69 Å². The van der Waals surface area contributed by atoms with E-state index >= 15 is 0 Å². The number of allylic oxidation sites excluding steroid dienone is 4. The van der Waals surface area contributed by atoms with E-state index in [1.165, 1.54) is 22.4 Å². The van der Waals surface area contributed by atoms with Gasteiger partial charge in [-0.25, -0.2) is 0 Å². The van der Waals surface area contributed by atoms with Gasteiger partial charge in [0, 0.05) is 18.4 Å². The summed E-state index contributed by atoms with van der Waals surface area (Å²) < 4.78 is 0. The monoisotopic (exact) mass is 273 g/mol. The largest absolute Gasteiger partial charge is 0.345 e. The van der Waals surface area contributed by atoms with Crippen LogP contribution in [0.15, 0.2) is 85.1 Å². The molecule has 1 heteroatoms. The molecule has 0 amide bonds. The van der Waals surface area contributed by atoms with E-state index in [0.717, 1.165) is 12.1 Å². The standard InChI is InChI=1S/C20H19N/c1-16-9-5-3-8-12-19-15-18(13-14-20(19)21(16)2)17-10-6-4-7-11-17/h3-11,13-15H,1,12H2,2H3/b8-3-,9-5-. The maximum absolute atomic E-state index is 4.12. The minimum Gasteiger partial charge on any atom is -0.345 e. The number of fused-ring (bicyclic) bond motifs is 1. The third-order valence-corrected chi connectivity index (χ3v) is 3.85. The molecule has 0 radical (unpaired) electrons. The van der Waals surface area contributed by atoms with Crippen LogP contribution in [0.3, 0.4) is 0 Å². The lowest BCUT2D eigenvalue weighted by Crippen LogP contribution is -2.15. The van der Waals surface area contributed by atoms with Crippen LogP contribution < -0.4 is 4.90 Å². The highest BCUT2D eigenvalue weighted by molar-refractivity contribution is 5.70. The van der Waals surface area contributed by atoms with Gasteiger partial charge >= 0.3 is 0 Å². The molecule has 2 aromatic rings. The van der Waals surface area contributed by atoms with Crippen LogP contribution in [0, 0.1) is 0 Å². The molecule has 0 aliphatic carbocycles. The summed E-state index contributed by atoms with van der Waals surface area (Å²) >= 11 is 0. The van der Waals surface area contributed by atoms with Gasteiger partial charge in [-0.1, -0.05) is 61.2 Å². The highest BCUT2D eigenvalue weighted by Crippen LogP contribution is 2.29. The number of anilines is 1. The first-order valence-corrected chi connectivity index (χ1v) is 7.20. The molecule has 104 valence electrons. The highest BCUT2D eigenvalue weighted by Gasteiger charge is 2.10. The number of likely N-dealkylation sites (N-methyl/N-ethyl adjacent to an activating group) is 1. The van der Waals surface area contributed by atoms with Crippen molar-refractivity contribution in [2.24, 2.45) is 0 Å². The van der Waals surface area contributed by atoms with Gasteiger partial charge in [0.1, 0.15) is 0 Å². The lowest BCUT2D eigenvalue weighted by Gasteiger charge is -2.23. The van der Waals surface area contributed by atoms with Gasteiger partial charge in [0.15, 0.2) is 0 Å². The Morgan fingerprint density at radius 3 is 2.57 bits per heavy atom. The Balaban J connectivity index is 2.07. The molecule has 0 N–H and O–H groups in total. The molecule has 1 aliphatic rings. The molecule has 0 saturated carbocycles. The summed E-state index contributed by atoms with van der Waals surface area (Å²) in [7, 11) is 2.07. The summed E-state index contributed by atoms with van der Waals surface area (Å²) in [5, 5.41) is 0. The van der Waals surface area contributed by atoms with E-state index in [-0.39, 0.29) is 0 Å². The minimum absolute atomic E-state index is 0.929. The van der Waals surface area contributed by atoms with Crippen molar-refractivity contribution < 1.29 is 0 Å². The Hall–Kier alpha value is -2.54. The third-order valence-electron chi connectivity index (χ3n) is 3.85. The van der Waals surface area contributed by atoms with Crippen molar-refractivity contribution in [3.05, 3.63) is 90.7 Å². The van der Waals surface area contributed by atoms with Crippen LogP contribution in [0.2, 0.25) is 0 Å². The van der Waals surface area contributed by atoms with Gasteiger partial charge in [-0.2, -0.15) is 0 Å². The normalized spacial score (nSPS) is 17.4. The second-order valence-corrected chi connectivity index (χ2v) is 5.25. The van der Waals surface area contributed by atoms with Crippen LogP contribution >= 0.6 is 0 Å². The summed E-state index contributed by atoms with van der Waals surface area (Å²) in [5.41, 5.74) is 6.05. The summed E-state index contributed by atoms with van der Waals surface area (Å²) in [6.45, 7) is 4.12. The van der Waals surface area contributed by atoms with Crippen molar-refractivity contribution in [3.8, 4) is 11.1 Å². The van der Waals surface area contributed by atoms with E-state index in [1.807, 2.05) is 18.2 Å². The van der Waals surface area contributed by atoms with Gasteiger partial charge in [0.05, 0.1) is 0 Å². The van der Waals surface area contributed by atoms with E-state index in [9.17, 15) is 0 Å². The number of nitrogens with zero attached hydrogens (tertiary/aromatic N) is 1. The summed E-state index contributed by atoms with van der Waals surface area (Å²) in [5.74, 6) is 0. The van der Waals surface area contributed by atoms with Gasteiger partial charge in [0.25, 0.3) is 0 Å². The molecule has 1 nitrogen and oxygen atoms in total. The maximum Gasteiger partial charge on any atom is 0.0444 e. The molecule has 2 aromatic carbocycles. The first-order valence-electron chi connectivity index (χ1n) is 7.20. The molecule has 0 fully saturated rings. The Morgan fingerprint density at radius 2 is 1.76 bits per heavy atom. The van der Waals surface area contributed by atoms with Crippen LogP contribution in [-0.2, 0) is 6.42 Å². The van der Waals surface area contributed by atoms with Crippen LogP contribution in [0.25, 0.3) is 11.1 Å². The third kappa shape index (κ3) is 2.82. The Kier molecular flexibility index (Phi) is 3.74. The molecule has 0 saturated heterocycles. The summed E-state index contributed by atoms with van der Waals surface area (Å²) in [6.07, 6.45) is 9.29. The van der Waals surface area contributed by atoms with E-state index < -0.39 is 0 Å². The Morgan fingerprint density at radius 1 is 0.952 bits per heavy atom. The number of rotatable bonds is 1. The zero-order chi connectivity index (χ0) is 14.7. The molecule has 1 aliphatic heterocycles. The highest BCUT2D eigenvalue weighted by atomic mass is 15.1. The fourth-order valence-electron chi connectivity index (χ4n) is 2.59. The fourth-order valence-corrected chi connectivity index (χ4v) is 2.59. The van der Waals surface area contributed by atoms with Crippen molar-refractivity contribution in [2.45, 2.75) is 6.42 Å². The molecule has 0 aromatic heterocycles. The topological polar surface area (TPSA) is 3.24 Å². The van der Waals surface area contributed by atoms with Gasteiger partial charge in [0.2, 0.25) is 0 Å². The maximum atomic E-state index is 4.12. The first kappa shape index (κ1) is 13.4. The zero-order valence-electron chi connectivity index (χ0n) is 12.3. The molecule has 1 heterocycles. The SMILES string of the molecule is C=C1/C=C\C=C/Cc2cc(-c3ccccc3)ccc2N1C. The predicted octanol–water partition coefficient (Wildman–Crippen LogP) is 4.97. The second-order valence-electron chi connectivity index (χ2n) is 5.25. The lowest BCUT2D eigenvalue weighted by molar-refractivity contribution is 1.11.